The molecule has 1 aliphatic rings. The number of carbonyl (C=O) groups excluding carboxylic acids is 2. The SMILES string of the molecule is Cc1cc(F)cc2c1N(CCCCO)C(=O)C2=O. The Labute approximate surface area is 104 Å². The van der Waals surface area contributed by atoms with Crippen LogP contribution in [0, 0.1) is 12.7 Å². The minimum atomic E-state index is -0.656. The first-order valence-corrected chi connectivity index (χ1v) is 5.83. The Kier molecular flexibility index (Phi) is 3.43. The van der Waals surface area contributed by atoms with Crippen LogP contribution in [0.2, 0.25) is 0 Å². The Morgan fingerprint density at radius 1 is 1.28 bits per heavy atom. The van der Waals surface area contributed by atoms with Gasteiger partial charge in [0.15, 0.2) is 0 Å². The summed E-state index contributed by atoms with van der Waals surface area (Å²) >= 11 is 0. The van der Waals surface area contributed by atoms with Gasteiger partial charge in [0.1, 0.15) is 5.82 Å². The molecule has 18 heavy (non-hydrogen) atoms. The molecule has 1 aliphatic heterocycles. The molecule has 2 rings (SSSR count). The standard InChI is InChI=1S/C13H14FNO3/c1-8-6-9(14)7-10-11(8)15(4-2-3-5-16)13(18)12(10)17/h6-7,16H,2-5H2,1H3. The van der Waals surface area contributed by atoms with Crippen molar-refractivity contribution in [1.29, 1.82) is 0 Å². The second-order valence-corrected chi connectivity index (χ2v) is 4.34. The molecule has 4 nitrogen and oxygen atoms in total. The Morgan fingerprint density at radius 3 is 2.67 bits per heavy atom. The molecule has 0 fully saturated rings. The van der Waals surface area contributed by atoms with Crippen LogP contribution in [0.4, 0.5) is 10.1 Å². The van der Waals surface area contributed by atoms with Crippen LogP contribution in [0.1, 0.15) is 28.8 Å². The van der Waals surface area contributed by atoms with Crippen LogP contribution in [0.25, 0.3) is 0 Å². The average molecular weight is 251 g/mol. The van der Waals surface area contributed by atoms with E-state index in [1.54, 1.807) is 6.92 Å². The van der Waals surface area contributed by atoms with Crippen molar-refractivity contribution in [2.45, 2.75) is 19.8 Å². The van der Waals surface area contributed by atoms with E-state index < -0.39 is 17.5 Å². The number of amides is 1. The largest absolute Gasteiger partial charge is 0.396 e. The fourth-order valence-electron chi connectivity index (χ4n) is 2.20. The third-order valence-corrected chi connectivity index (χ3v) is 3.01. The number of aliphatic hydroxyl groups is 1. The summed E-state index contributed by atoms with van der Waals surface area (Å²) in [5.41, 5.74) is 1.22. The number of hydrogen-bond acceptors (Lipinski definition) is 3. The topological polar surface area (TPSA) is 57.6 Å². The number of benzene rings is 1. The molecule has 0 saturated heterocycles. The molecular weight excluding hydrogens is 237 g/mol. The van der Waals surface area contributed by atoms with Crippen LogP contribution in [0.5, 0.6) is 0 Å². The normalized spacial score (nSPS) is 14.3. The second-order valence-electron chi connectivity index (χ2n) is 4.34. The first-order valence-electron chi connectivity index (χ1n) is 5.83. The van der Waals surface area contributed by atoms with Crippen molar-refractivity contribution < 1.29 is 19.1 Å². The maximum Gasteiger partial charge on any atom is 0.299 e. The Morgan fingerprint density at radius 2 is 2.00 bits per heavy atom. The summed E-state index contributed by atoms with van der Waals surface area (Å²) in [6.07, 6.45) is 1.17. The summed E-state index contributed by atoms with van der Waals surface area (Å²) in [5, 5.41) is 8.72. The van der Waals surface area contributed by atoms with E-state index in [1.807, 2.05) is 0 Å². The van der Waals surface area contributed by atoms with Crippen molar-refractivity contribution in [3.63, 3.8) is 0 Å². The first kappa shape index (κ1) is 12.7. The first-order chi connectivity index (χ1) is 8.56. The van der Waals surface area contributed by atoms with Crippen molar-refractivity contribution in [3.8, 4) is 0 Å². The zero-order chi connectivity index (χ0) is 13.3. The molecule has 1 heterocycles. The maximum atomic E-state index is 13.2. The number of nitrogens with zero attached hydrogens (tertiary/aromatic N) is 1. The van der Waals surface area contributed by atoms with E-state index in [1.165, 1.54) is 11.0 Å². The molecule has 0 spiro atoms. The zero-order valence-electron chi connectivity index (χ0n) is 10.1. The van der Waals surface area contributed by atoms with Crippen molar-refractivity contribution in [3.05, 3.63) is 29.1 Å². The minimum Gasteiger partial charge on any atom is -0.396 e. The molecule has 1 aromatic rings. The molecule has 0 aliphatic carbocycles. The van der Waals surface area contributed by atoms with Crippen LogP contribution >= 0.6 is 0 Å². The summed E-state index contributed by atoms with van der Waals surface area (Å²) < 4.78 is 13.2. The van der Waals surface area contributed by atoms with Gasteiger partial charge >= 0.3 is 0 Å². The fraction of sp³-hybridized carbons (Fsp3) is 0.385. The molecule has 0 aromatic heterocycles. The maximum absolute atomic E-state index is 13.2. The summed E-state index contributed by atoms with van der Waals surface area (Å²) in [7, 11) is 0. The van der Waals surface area contributed by atoms with E-state index in [9.17, 15) is 14.0 Å². The monoisotopic (exact) mass is 251 g/mol. The Bertz CT molecular complexity index is 513. The van der Waals surface area contributed by atoms with Gasteiger partial charge in [0, 0.05) is 13.2 Å². The number of ketones is 1. The van der Waals surface area contributed by atoms with Gasteiger partial charge in [0.2, 0.25) is 0 Å². The summed E-state index contributed by atoms with van der Waals surface area (Å²) in [5.74, 6) is -1.78. The molecule has 1 aromatic carbocycles. The van der Waals surface area contributed by atoms with Gasteiger partial charge in [0.25, 0.3) is 11.7 Å². The number of unbranched alkanes of at least 4 members (excludes halogenated alkanes) is 1. The van der Waals surface area contributed by atoms with Crippen molar-refractivity contribution in [2.24, 2.45) is 0 Å². The molecule has 0 saturated carbocycles. The van der Waals surface area contributed by atoms with Crippen LogP contribution in [-0.2, 0) is 4.79 Å². The summed E-state index contributed by atoms with van der Waals surface area (Å²) in [6.45, 7) is 2.09. The smallest absolute Gasteiger partial charge is 0.299 e. The number of Topliss-reactive ketones (excluding diaryl/α,β-unsaturated/α-hetero) is 1. The van der Waals surface area contributed by atoms with Gasteiger partial charge < -0.3 is 10.0 Å². The molecule has 0 bridgehead atoms. The lowest BCUT2D eigenvalue weighted by atomic mass is 10.1. The van der Waals surface area contributed by atoms with Crippen LogP contribution in [-0.4, -0.2) is 29.9 Å². The van der Waals surface area contributed by atoms with Crippen molar-refractivity contribution in [2.75, 3.05) is 18.1 Å². The quantitative estimate of drug-likeness (QED) is 0.650. The molecule has 1 N–H and O–H groups in total. The lowest BCUT2D eigenvalue weighted by Crippen LogP contribution is -2.31. The van der Waals surface area contributed by atoms with Gasteiger partial charge in [-0.25, -0.2) is 4.39 Å². The highest BCUT2D eigenvalue weighted by Crippen LogP contribution is 2.33. The predicted molar refractivity (Wildman–Crippen MR) is 64.1 cm³/mol. The van der Waals surface area contributed by atoms with Crippen LogP contribution in [0.15, 0.2) is 12.1 Å². The van der Waals surface area contributed by atoms with E-state index in [0.29, 0.717) is 30.6 Å². The highest BCUT2D eigenvalue weighted by atomic mass is 19.1. The molecule has 0 atom stereocenters. The van der Waals surface area contributed by atoms with Crippen molar-refractivity contribution in [1.82, 2.24) is 0 Å². The lowest BCUT2D eigenvalue weighted by Gasteiger charge is -2.18. The van der Waals surface area contributed by atoms with E-state index in [-0.39, 0.29) is 12.2 Å². The third-order valence-electron chi connectivity index (χ3n) is 3.01. The highest BCUT2D eigenvalue weighted by molar-refractivity contribution is 6.52. The number of carbonyl (C=O) groups is 2. The van der Waals surface area contributed by atoms with Crippen LogP contribution < -0.4 is 4.90 Å². The van der Waals surface area contributed by atoms with E-state index in [4.69, 9.17) is 5.11 Å². The predicted octanol–water partition coefficient (Wildman–Crippen LogP) is 1.44. The Hall–Kier alpha value is -1.75. The lowest BCUT2D eigenvalue weighted by molar-refractivity contribution is -0.114. The van der Waals surface area contributed by atoms with Gasteiger partial charge in [0.05, 0.1) is 11.3 Å². The fourth-order valence-corrected chi connectivity index (χ4v) is 2.20. The summed E-state index contributed by atoms with van der Waals surface area (Å²) in [6, 6.07) is 2.42. The molecule has 1 amide bonds. The number of anilines is 1. The molecule has 96 valence electrons. The van der Waals surface area contributed by atoms with E-state index in [2.05, 4.69) is 0 Å². The number of hydrogen-bond donors (Lipinski definition) is 1. The van der Waals surface area contributed by atoms with E-state index in [0.717, 1.165) is 6.07 Å². The number of halogens is 1. The molecule has 0 unspecified atom stereocenters. The number of aliphatic hydroxyl groups excluding tert-OH is 1. The zero-order valence-corrected chi connectivity index (χ0v) is 10.1. The number of aryl methyl sites for hydroxylation is 1. The van der Waals surface area contributed by atoms with Gasteiger partial charge in [-0.2, -0.15) is 0 Å². The Balaban J connectivity index is 2.36. The third kappa shape index (κ3) is 2.01. The summed E-state index contributed by atoms with van der Waals surface area (Å²) in [4.78, 5) is 24.9. The minimum absolute atomic E-state index is 0.0469. The second kappa shape index (κ2) is 4.86. The van der Waals surface area contributed by atoms with Gasteiger partial charge in [-0.05, 0) is 37.5 Å². The van der Waals surface area contributed by atoms with Crippen molar-refractivity contribution >= 4 is 17.4 Å². The van der Waals surface area contributed by atoms with Crippen LogP contribution in [0.3, 0.4) is 0 Å². The molecular formula is C13H14FNO3. The molecule has 5 heteroatoms. The number of fused-ring (bicyclic) bond motifs is 1. The molecule has 0 radical (unpaired) electrons. The van der Waals surface area contributed by atoms with E-state index >= 15 is 0 Å². The highest BCUT2D eigenvalue weighted by Gasteiger charge is 2.36. The van der Waals surface area contributed by atoms with Gasteiger partial charge in [-0.3, -0.25) is 9.59 Å². The number of rotatable bonds is 4. The average Bonchev–Trinajstić information content (AvgIpc) is 2.55. The van der Waals surface area contributed by atoms with Gasteiger partial charge in [-0.1, -0.05) is 0 Å². The van der Waals surface area contributed by atoms with Gasteiger partial charge in [-0.15, -0.1) is 0 Å².